The van der Waals surface area contributed by atoms with Crippen LogP contribution in [0.3, 0.4) is 0 Å². The molecule has 0 saturated heterocycles. The molecule has 0 radical (unpaired) electrons. The third-order valence-corrected chi connectivity index (χ3v) is 8.92. The van der Waals surface area contributed by atoms with E-state index in [4.69, 9.17) is 22.1 Å². The van der Waals surface area contributed by atoms with Gasteiger partial charge in [0.15, 0.2) is 17.3 Å². The van der Waals surface area contributed by atoms with E-state index in [9.17, 15) is 44.7 Å². The maximum absolute atomic E-state index is 14.6. The normalized spacial score (nSPS) is 19.9. The largest absolute Gasteiger partial charge is 0.463 e. The number of aliphatic imine (C=N–C) groups is 1. The molecule has 50 heavy (non-hydrogen) atoms. The summed E-state index contributed by atoms with van der Waals surface area (Å²) in [4.78, 5) is 36.4. The number of aromatic nitrogens is 3. The molecule has 18 heteroatoms. The van der Waals surface area contributed by atoms with Gasteiger partial charge in [-0.15, -0.1) is 0 Å². The van der Waals surface area contributed by atoms with Crippen LogP contribution < -0.4 is 5.73 Å². The van der Waals surface area contributed by atoms with Crippen LogP contribution in [0.25, 0.3) is 5.69 Å². The van der Waals surface area contributed by atoms with Gasteiger partial charge in [0.05, 0.1) is 34.2 Å². The van der Waals surface area contributed by atoms with Crippen LogP contribution in [0, 0.1) is 10.8 Å². The van der Waals surface area contributed by atoms with Crippen LogP contribution in [0.4, 0.5) is 35.1 Å². The molecule has 1 fully saturated rings. The second-order valence-electron chi connectivity index (χ2n) is 13.5. The zero-order valence-corrected chi connectivity index (χ0v) is 27.5. The number of halogens is 9. The Labute approximate surface area is 285 Å². The Hall–Kier alpha value is -4.28. The average Bonchev–Trinajstić information content (AvgIpc) is 3.55. The summed E-state index contributed by atoms with van der Waals surface area (Å²) in [6.45, 7) is 4.52. The highest BCUT2D eigenvalue weighted by molar-refractivity contribution is 6.32. The van der Waals surface area contributed by atoms with Crippen molar-refractivity contribution in [3.8, 4) is 5.69 Å². The van der Waals surface area contributed by atoms with Gasteiger partial charge in [0.25, 0.3) is 12.3 Å². The molecule has 0 unspecified atom stereocenters. The Morgan fingerprint density at radius 3 is 2.22 bits per heavy atom. The van der Waals surface area contributed by atoms with Crippen molar-refractivity contribution < 1.29 is 49.4 Å². The van der Waals surface area contributed by atoms with Crippen molar-refractivity contribution in [1.82, 2.24) is 19.7 Å². The number of guanidine groups is 1. The van der Waals surface area contributed by atoms with Gasteiger partial charge in [0.1, 0.15) is 12.9 Å². The lowest BCUT2D eigenvalue weighted by atomic mass is 9.75. The maximum Gasteiger partial charge on any atom is 0.416 e. The van der Waals surface area contributed by atoms with Crippen LogP contribution in [-0.4, -0.2) is 50.3 Å². The van der Waals surface area contributed by atoms with E-state index >= 15 is 0 Å². The smallest absolute Gasteiger partial charge is 0.416 e. The van der Waals surface area contributed by atoms with E-state index in [2.05, 4.69) is 15.1 Å². The first kappa shape index (κ1) is 37.0. The number of carbonyl (C=O) groups excluding carboxylic acids is 2. The van der Waals surface area contributed by atoms with Gasteiger partial charge in [0.2, 0.25) is 0 Å². The highest BCUT2D eigenvalue weighted by Gasteiger charge is 2.64. The summed E-state index contributed by atoms with van der Waals surface area (Å²) in [7, 11) is 0. The van der Waals surface area contributed by atoms with Gasteiger partial charge in [-0.05, 0) is 60.1 Å². The molecule has 5 rings (SSSR count). The molecule has 9 nitrogen and oxygen atoms in total. The van der Waals surface area contributed by atoms with Crippen LogP contribution in [0.1, 0.15) is 81.4 Å². The van der Waals surface area contributed by atoms with Crippen molar-refractivity contribution in [1.29, 1.82) is 0 Å². The van der Waals surface area contributed by atoms with Crippen molar-refractivity contribution in [2.75, 3.05) is 6.61 Å². The Morgan fingerprint density at radius 1 is 1.04 bits per heavy atom. The molecule has 0 bridgehead atoms. The molecular formula is C32H31ClF8N6O3. The van der Waals surface area contributed by atoms with E-state index in [-0.39, 0.29) is 41.1 Å². The van der Waals surface area contributed by atoms with E-state index in [1.165, 1.54) is 18.2 Å². The lowest BCUT2D eigenvalue weighted by Gasteiger charge is -2.35. The Morgan fingerprint density at radius 2 is 1.68 bits per heavy atom. The molecule has 3 aromatic rings. The van der Waals surface area contributed by atoms with E-state index < -0.39 is 83.4 Å². The van der Waals surface area contributed by atoms with Gasteiger partial charge < -0.3 is 10.5 Å². The molecule has 1 aliphatic heterocycles. The molecule has 1 saturated carbocycles. The average molecular weight is 735 g/mol. The summed E-state index contributed by atoms with van der Waals surface area (Å²) in [5, 5.41) is 3.72. The number of esters is 1. The fourth-order valence-corrected chi connectivity index (χ4v) is 6.22. The topological polar surface area (TPSA) is 116 Å². The van der Waals surface area contributed by atoms with Crippen molar-refractivity contribution in [2.24, 2.45) is 21.6 Å². The molecule has 2 atom stereocenters. The van der Waals surface area contributed by atoms with Crippen molar-refractivity contribution in [3.05, 3.63) is 76.3 Å². The summed E-state index contributed by atoms with van der Waals surface area (Å²) in [5.41, 5.74) is 0.596. The standard InChI is InChI=1S/C32H31ClF8N6O3/c1-28(2,3)15-30(18-5-7-19(8-6-18)31(36,37)38)26(49)46(27(42)45-30)22(14-50-23(48)13-29(10-11-29)32(39,40)41)17-4-9-20(33)21(12-17)47-25(24(34)35)43-16-44-47/h4-9,12,16,22,24H,10-11,13-15H2,1-3H3,(H2,42,45)/t22-,30-/m1/s1. The number of benzene rings is 2. The maximum atomic E-state index is 14.6. The minimum absolute atomic E-state index is 0.0634. The Kier molecular flexibility index (Phi) is 9.47. The van der Waals surface area contributed by atoms with E-state index in [1.807, 2.05) is 0 Å². The second-order valence-corrected chi connectivity index (χ2v) is 13.9. The number of rotatable bonds is 10. The predicted octanol–water partition coefficient (Wildman–Crippen LogP) is 7.68. The van der Waals surface area contributed by atoms with Gasteiger partial charge in [-0.2, -0.15) is 31.4 Å². The molecule has 2 N–H and O–H groups in total. The van der Waals surface area contributed by atoms with Crippen molar-refractivity contribution in [3.63, 3.8) is 0 Å². The minimum Gasteiger partial charge on any atom is -0.463 e. The number of nitrogens with two attached hydrogens (primary N) is 1. The zero-order valence-electron chi connectivity index (χ0n) is 26.7. The number of hydrogen-bond donors (Lipinski definition) is 1. The highest BCUT2D eigenvalue weighted by Crippen LogP contribution is 2.60. The second kappa shape index (κ2) is 12.8. The predicted molar refractivity (Wildman–Crippen MR) is 163 cm³/mol. The van der Waals surface area contributed by atoms with Crippen LogP contribution in [-0.2, 0) is 26.0 Å². The van der Waals surface area contributed by atoms with Gasteiger partial charge in [-0.1, -0.05) is 50.6 Å². The fraction of sp³-hybridized carbons (Fsp3) is 0.469. The monoisotopic (exact) mass is 734 g/mol. The van der Waals surface area contributed by atoms with Gasteiger partial charge >= 0.3 is 18.3 Å². The molecule has 1 aromatic heterocycles. The first-order valence-corrected chi connectivity index (χ1v) is 15.5. The van der Waals surface area contributed by atoms with E-state index in [0.29, 0.717) is 0 Å². The molecule has 2 aliphatic rings. The van der Waals surface area contributed by atoms with Crippen molar-refractivity contribution in [2.45, 2.75) is 76.8 Å². The molecule has 2 heterocycles. The zero-order chi connectivity index (χ0) is 37.0. The van der Waals surface area contributed by atoms with Gasteiger partial charge in [-0.25, -0.2) is 23.4 Å². The third-order valence-electron chi connectivity index (χ3n) is 8.60. The molecular weight excluding hydrogens is 704 g/mol. The summed E-state index contributed by atoms with van der Waals surface area (Å²) in [5.74, 6) is -3.29. The van der Waals surface area contributed by atoms with Crippen LogP contribution in [0.2, 0.25) is 5.02 Å². The third kappa shape index (κ3) is 7.14. The van der Waals surface area contributed by atoms with Crippen LogP contribution >= 0.6 is 11.6 Å². The number of amides is 1. The summed E-state index contributed by atoms with van der Waals surface area (Å²) < 4.78 is 115. The van der Waals surface area contributed by atoms with Crippen molar-refractivity contribution >= 4 is 29.4 Å². The lowest BCUT2D eigenvalue weighted by molar-refractivity contribution is -0.195. The quantitative estimate of drug-likeness (QED) is 0.169. The highest BCUT2D eigenvalue weighted by atomic mass is 35.5. The van der Waals surface area contributed by atoms with Gasteiger partial charge in [-0.3, -0.25) is 14.5 Å². The number of alkyl halides is 8. The molecule has 1 amide bonds. The fourth-order valence-electron chi connectivity index (χ4n) is 6.02. The number of carbonyl (C=O) groups is 2. The van der Waals surface area contributed by atoms with E-state index in [1.54, 1.807) is 20.8 Å². The van der Waals surface area contributed by atoms with Crippen LogP contribution in [0.15, 0.2) is 53.8 Å². The first-order chi connectivity index (χ1) is 23.1. The molecule has 0 spiro atoms. The summed E-state index contributed by atoms with van der Waals surface area (Å²) >= 11 is 6.34. The minimum atomic E-state index is -4.68. The van der Waals surface area contributed by atoms with Crippen LogP contribution in [0.5, 0.6) is 0 Å². The summed E-state index contributed by atoms with van der Waals surface area (Å²) in [6, 6.07) is 6.22. The number of nitrogens with zero attached hydrogens (tertiary/aromatic N) is 5. The molecule has 1 aliphatic carbocycles. The molecule has 2 aromatic carbocycles. The summed E-state index contributed by atoms with van der Waals surface area (Å²) in [6.07, 6.45) is -13.1. The van der Waals surface area contributed by atoms with Gasteiger partial charge in [0, 0.05) is 0 Å². The Balaban J connectivity index is 1.59. The SMILES string of the molecule is CC(C)(C)C[C@]1(c2ccc(C(F)(F)F)cc2)N=C(N)N([C@H](COC(=O)CC2(C(F)(F)F)CC2)c2ccc(Cl)c(-n3ncnc3C(F)F)c2)C1=O. The lowest BCUT2D eigenvalue weighted by Crippen LogP contribution is -2.47. The molecule has 270 valence electrons. The number of ether oxygens (including phenoxy) is 1. The first-order valence-electron chi connectivity index (χ1n) is 15.2. The Bertz CT molecular complexity index is 1800. The van der Waals surface area contributed by atoms with E-state index in [0.717, 1.165) is 40.2 Å². The number of hydrogen-bond acceptors (Lipinski definition) is 7.